The molecule has 3 heterocycles. The lowest BCUT2D eigenvalue weighted by molar-refractivity contribution is -0.438. The second-order valence-electron chi connectivity index (χ2n) is 15.2. The molecule has 6 aliphatic rings. The number of ether oxygens (including phenoxy) is 7. The topological polar surface area (TPSA) is 119 Å². The predicted molar refractivity (Wildman–Crippen MR) is 175 cm³/mol. The van der Waals surface area contributed by atoms with Gasteiger partial charge in [0.25, 0.3) is 0 Å². The minimum atomic E-state index is -1.69. The Morgan fingerprint density at radius 3 is 2.27 bits per heavy atom. The SMILES string of the molecule is C=C(C)[C@@]12OC3(c4ccccc4)O[C@@H]1[C@@H]1C=C(COC(=O)c4ccccc4)[C@H]4OC(C)(C)O[C@@]45[C@@H](C[C@H](C)[C@@H]5O)[C@@]1(O3)[C@H](C)[C@H]2OC(C)=O. The number of fused-ring (bicyclic) bond motifs is 1. The summed E-state index contributed by atoms with van der Waals surface area (Å²) >= 11 is 0. The molecule has 3 aliphatic heterocycles. The summed E-state index contributed by atoms with van der Waals surface area (Å²) in [5, 5.41) is 12.3. The van der Waals surface area contributed by atoms with Crippen molar-refractivity contribution in [2.45, 2.75) is 101 Å². The van der Waals surface area contributed by atoms with Crippen molar-refractivity contribution in [2.24, 2.45) is 23.7 Å². The molecule has 260 valence electrons. The third kappa shape index (κ3) is 4.28. The number of carbonyl (C=O) groups is 2. The minimum absolute atomic E-state index is 0.126. The third-order valence-corrected chi connectivity index (χ3v) is 11.9. The number of rotatable bonds is 6. The Balaban J connectivity index is 1.37. The van der Waals surface area contributed by atoms with E-state index in [9.17, 15) is 14.7 Å². The van der Waals surface area contributed by atoms with Gasteiger partial charge in [-0.1, -0.05) is 75.0 Å². The van der Waals surface area contributed by atoms with Crippen molar-refractivity contribution in [1.29, 1.82) is 0 Å². The summed E-state index contributed by atoms with van der Waals surface area (Å²) in [5.41, 5.74) is -1.53. The fourth-order valence-electron chi connectivity index (χ4n) is 10.1. The number of esters is 2. The average Bonchev–Trinajstić information content (AvgIpc) is 3.59. The summed E-state index contributed by atoms with van der Waals surface area (Å²) in [6.07, 6.45) is -0.857. The van der Waals surface area contributed by atoms with Crippen molar-refractivity contribution in [2.75, 3.05) is 6.61 Å². The molecule has 10 nitrogen and oxygen atoms in total. The molecule has 0 amide bonds. The van der Waals surface area contributed by atoms with Gasteiger partial charge >= 0.3 is 17.9 Å². The summed E-state index contributed by atoms with van der Waals surface area (Å²) in [5.74, 6) is -5.55. The van der Waals surface area contributed by atoms with Crippen molar-refractivity contribution in [3.05, 3.63) is 95.6 Å². The lowest BCUT2D eigenvalue weighted by Gasteiger charge is -2.61. The number of hydrogen-bond donors (Lipinski definition) is 1. The molecular weight excluding hydrogens is 628 g/mol. The Morgan fingerprint density at radius 1 is 0.939 bits per heavy atom. The summed E-state index contributed by atoms with van der Waals surface area (Å²) in [6, 6.07) is 18.3. The summed E-state index contributed by atoms with van der Waals surface area (Å²) in [7, 11) is 0. The van der Waals surface area contributed by atoms with Gasteiger partial charge in [0.05, 0.1) is 17.3 Å². The molecule has 1 spiro atoms. The van der Waals surface area contributed by atoms with Crippen molar-refractivity contribution >= 4 is 11.9 Å². The van der Waals surface area contributed by atoms with Gasteiger partial charge in [0.15, 0.2) is 11.4 Å². The van der Waals surface area contributed by atoms with Gasteiger partial charge in [0.2, 0.25) is 0 Å². The van der Waals surface area contributed by atoms with Gasteiger partial charge in [-0.25, -0.2) is 4.79 Å². The van der Waals surface area contributed by atoms with Crippen LogP contribution in [0.2, 0.25) is 0 Å². The highest BCUT2D eigenvalue weighted by Gasteiger charge is 2.85. The van der Waals surface area contributed by atoms with Crippen molar-refractivity contribution in [3.8, 4) is 0 Å². The van der Waals surface area contributed by atoms with Gasteiger partial charge in [-0.05, 0) is 56.4 Å². The second-order valence-corrected chi connectivity index (χ2v) is 15.2. The minimum Gasteiger partial charge on any atom is -0.459 e. The quantitative estimate of drug-likeness (QED) is 0.324. The van der Waals surface area contributed by atoms with E-state index < -0.39 is 82.7 Å². The average molecular weight is 673 g/mol. The Bertz CT molecular complexity index is 1720. The first-order chi connectivity index (χ1) is 23.2. The van der Waals surface area contributed by atoms with Crippen LogP contribution in [0.1, 0.15) is 63.9 Å². The largest absolute Gasteiger partial charge is 0.459 e. The van der Waals surface area contributed by atoms with E-state index in [0.717, 1.165) is 0 Å². The number of aliphatic hydroxyl groups is 1. The smallest absolute Gasteiger partial charge is 0.338 e. The molecule has 10 heteroatoms. The second kappa shape index (κ2) is 10.8. The highest BCUT2D eigenvalue weighted by atomic mass is 16.9. The maximum Gasteiger partial charge on any atom is 0.338 e. The molecule has 49 heavy (non-hydrogen) atoms. The van der Waals surface area contributed by atoms with Crippen LogP contribution in [0.3, 0.4) is 0 Å². The van der Waals surface area contributed by atoms with Gasteiger partial charge < -0.3 is 38.3 Å². The van der Waals surface area contributed by atoms with Gasteiger partial charge in [0.1, 0.15) is 30.5 Å². The summed E-state index contributed by atoms with van der Waals surface area (Å²) in [6.45, 7) is 15.2. The fraction of sp³-hybridized carbons (Fsp3) is 0.538. The first kappa shape index (κ1) is 32.8. The zero-order chi connectivity index (χ0) is 34.7. The van der Waals surface area contributed by atoms with Crippen LogP contribution in [-0.4, -0.2) is 70.7 Å². The number of carbonyl (C=O) groups excluding carboxylic acids is 2. The molecule has 1 unspecified atom stereocenters. The first-order valence-corrected chi connectivity index (χ1v) is 17.2. The zero-order valence-electron chi connectivity index (χ0n) is 28.7. The molecule has 2 aromatic rings. The van der Waals surface area contributed by atoms with Gasteiger partial charge in [-0.2, -0.15) is 0 Å². The van der Waals surface area contributed by atoms with Crippen LogP contribution in [0.4, 0.5) is 0 Å². The number of benzene rings is 2. The molecule has 8 rings (SSSR count). The Kier molecular flexibility index (Phi) is 7.24. The Morgan fingerprint density at radius 2 is 1.61 bits per heavy atom. The van der Waals surface area contributed by atoms with Crippen LogP contribution in [-0.2, 0) is 43.9 Å². The van der Waals surface area contributed by atoms with E-state index in [4.69, 9.17) is 33.2 Å². The van der Waals surface area contributed by atoms with Crippen LogP contribution in [0.5, 0.6) is 0 Å². The molecule has 3 aliphatic carbocycles. The Labute approximate surface area is 286 Å². The normalized spacial score (nSPS) is 43.9. The number of hydrogen-bond acceptors (Lipinski definition) is 10. The van der Waals surface area contributed by atoms with Gasteiger partial charge in [0, 0.05) is 30.2 Å². The van der Waals surface area contributed by atoms with Crippen molar-refractivity contribution in [1.82, 2.24) is 0 Å². The molecular formula is C39H44O10. The maximum absolute atomic E-state index is 13.3. The lowest BCUT2D eigenvalue weighted by atomic mass is 9.53. The van der Waals surface area contributed by atoms with E-state index in [0.29, 0.717) is 28.7 Å². The predicted octanol–water partition coefficient (Wildman–Crippen LogP) is 5.20. The summed E-state index contributed by atoms with van der Waals surface area (Å²) < 4.78 is 47.4. The summed E-state index contributed by atoms with van der Waals surface area (Å²) in [4.78, 5) is 26.2. The van der Waals surface area contributed by atoms with E-state index in [1.807, 2.05) is 77.1 Å². The molecule has 2 aromatic carbocycles. The first-order valence-electron chi connectivity index (χ1n) is 17.2. The van der Waals surface area contributed by atoms with E-state index >= 15 is 0 Å². The molecule has 3 bridgehead atoms. The van der Waals surface area contributed by atoms with Gasteiger partial charge in [-0.3, -0.25) is 4.79 Å². The molecule has 0 radical (unpaired) electrons. The monoisotopic (exact) mass is 672 g/mol. The molecule has 1 N–H and O–H groups in total. The van der Waals surface area contributed by atoms with Crippen molar-refractivity contribution < 1.29 is 47.9 Å². The molecule has 2 saturated carbocycles. The third-order valence-electron chi connectivity index (χ3n) is 11.9. The van der Waals surface area contributed by atoms with E-state index in [1.165, 1.54) is 6.92 Å². The lowest BCUT2D eigenvalue weighted by Crippen LogP contribution is -2.75. The molecule has 5 fully saturated rings. The van der Waals surface area contributed by atoms with E-state index in [-0.39, 0.29) is 12.5 Å². The van der Waals surface area contributed by atoms with E-state index in [2.05, 4.69) is 6.58 Å². The molecule has 3 saturated heterocycles. The van der Waals surface area contributed by atoms with Crippen LogP contribution in [0.15, 0.2) is 84.5 Å². The van der Waals surface area contributed by atoms with Crippen LogP contribution < -0.4 is 0 Å². The van der Waals surface area contributed by atoms with Crippen molar-refractivity contribution in [3.63, 3.8) is 0 Å². The standard InChI is InChI=1S/C39H44O10/c1-21(2)36-31(44-24(5)40)23(4)37-28(33(36)46-39(48-36,49-37)27-16-12-9-13-17-27)19-26(20-43-34(42)25-14-10-8-11-15-25)32-38(47-35(6,7)45-32)29(37)18-22(3)30(38)41/h8-17,19,22-23,28-33,41H,1,18,20H2,2-7H3/t22-,23+,28-,29-,30-,31+,32+,33+,36-,37+,38+,39?/m0/s1. The Hall–Kier alpha value is -3.38. The highest BCUT2D eigenvalue weighted by Crippen LogP contribution is 2.73. The molecule has 12 atom stereocenters. The zero-order valence-corrected chi connectivity index (χ0v) is 28.7. The van der Waals surface area contributed by atoms with Gasteiger partial charge in [-0.15, -0.1) is 0 Å². The fourth-order valence-corrected chi connectivity index (χ4v) is 10.1. The highest BCUT2D eigenvalue weighted by molar-refractivity contribution is 5.89. The van der Waals surface area contributed by atoms with Crippen LogP contribution in [0, 0.1) is 23.7 Å². The molecule has 0 aromatic heterocycles. The van der Waals surface area contributed by atoms with E-state index in [1.54, 1.807) is 24.3 Å². The van der Waals surface area contributed by atoms with Crippen LogP contribution >= 0.6 is 0 Å². The maximum atomic E-state index is 13.3. The number of aliphatic hydroxyl groups excluding tert-OH is 1. The van der Waals surface area contributed by atoms with Crippen LogP contribution in [0.25, 0.3) is 0 Å².